The number of hydrogen-bond acceptors (Lipinski definition) is 6. The largest absolute Gasteiger partial charge is 0.315 e. The van der Waals surface area contributed by atoms with Gasteiger partial charge >= 0.3 is 0 Å². The summed E-state index contributed by atoms with van der Waals surface area (Å²) in [6.07, 6.45) is 3.51. The zero-order valence-electron chi connectivity index (χ0n) is 21.0. The van der Waals surface area contributed by atoms with Crippen LogP contribution in [0.25, 0.3) is 33.0 Å². The highest BCUT2D eigenvalue weighted by atomic mass is 32.1. The fourth-order valence-corrected chi connectivity index (χ4v) is 5.81. The van der Waals surface area contributed by atoms with Gasteiger partial charge in [0.15, 0.2) is 3.95 Å². The van der Waals surface area contributed by atoms with Gasteiger partial charge in [-0.2, -0.15) is 14.9 Å². The summed E-state index contributed by atoms with van der Waals surface area (Å²) in [5.74, 6) is 0. The predicted molar refractivity (Wildman–Crippen MR) is 163 cm³/mol. The van der Waals surface area contributed by atoms with Crippen LogP contribution in [-0.2, 0) is 0 Å². The lowest BCUT2D eigenvalue weighted by atomic mass is 10.1. The van der Waals surface area contributed by atoms with Crippen LogP contribution in [0.5, 0.6) is 0 Å². The van der Waals surface area contributed by atoms with Crippen molar-refractivity contribution < 1.29 is 0 Å². The number of rotatable bonds is 5. The molecule has 0 saturated heterocycles. The topological polar surface area (TPSA) is 72.9 Å². The van der Waals surface area contributed by atoms with Crippen LogP contribution >= 0.6 is 35.8 Å². The highest BCUT2D eigenvalue weighted by Crippen LogP contribution is 2.25. The van der Waals surface area contributed by atoms with Crippen LogP contribution in [-0.4, -0.2) is 30.2 Å². The first-order valence-electron chi connectivity index (χ1n) is 12.1. The monoisotopic (exact) mass is 566 g/mol. The summed E-state index contributed by atoms with van der Waals surface area (Å²) < 4.78 is 6.00. The van der Waals surface area contributed by atoms with Gasteiger partial charge in [0.05, 0.1) is 11.9 Å². The lowest BCUT2D eigenvalue weighted by Crippen LogP contribution is -2.18. The second-order valence-corrected chi connectivity index (χ2v) is 11.1. The van der Waals surface area contributed by atoms with E-state index in [0.29, 0.717) is 14.3 Å². The first kappa shape index (κ1) is 25.1. The smallest absolute Gasteiger partial charge is 0.294 e. The fraction of sp³-hybridized carbons (Fsp3) is 0.0690. The van der Waals surface area contributed by atoms with Crippen LogP contribution in [0.1, 0.15) is 16.7 Å². The van der Waals surface area contributed by atoms with Crippen molar-refractivity contribution in [1.82, 2.24) is 24.0 Å². The molecule has 192 valence electrons. The molecule has 6 rings (SSSR count). The minimum atomic E-state index is -0.334. The molecule has 0 radical (unpaired) electrons. The number of hydrogen-bond donors (Lipinski definition) is 1. The molecule has 0 spiro atoms. The zero-order chi connectivity index (χ0) is 27.1. The van der Waals surface area contributed by atoms with Crippen LogP contribution in [0.4, 0.5) is 0 Å². The van der Waals surface area contributed by atoms with Crippen molar-refractivity contribution in [1.29, 1.82) is 0 Å². The number of aromatic nitrogens is 5. The van der Waals surface area contributed by atoms with Gasteiger partial charge in [-0.15, -0.1) is 0 Å². The van der Waals surface area contributed by atoms with Gasteiger partial charge < -0.3 is 4.98 Å². The van der Waals surface area contributed by atoms with E-state index in [1.807, 2.05) is 103 Å². The van der Waals surface area contributed by atoms with Gasteiger partial charge in [-0.05, 0) is 62.5 Å². The number of nitrogens with one attached hydrogen (secondary N) is 1. The molecule has 3 heterocycles. The average Bonchev–Trinajstić information content (AvgIpc) is 3.51. The summed E-state index contributed by atoms with van der Waals surface area (Å²) in [4.78, 5) is 16.7. The summed E-state index contributed by atoms with van der Waals surface area (Å²) in [5, 5.41) is 9.34. The Balaban J connectivity index is 1.47. The van der Waals surface area contributed by atoms with Crippen LogP contribution < -0.4 is 5.56 Å². The molecule has 0 fully saturated rings. The van der Waals surface area contributed by atoms with Gasteiger partial charge in [-0.1, -0.05) is 77.1 Å². The van der Waals surface area contributed by atoms with Gasteiger partial charge in [0, 0.05) is 23.0 Å². The molecule has 0 unspecified atom stereocenters. The van der Waals surface area contributed by atoms with Crippen molar-refractivity contribution in [2.75, 3.05) is 0 Å². The molecule has 3 aromatic heterocycles. The van der Waals surface area contributed by atoms with Gasteiger partial charge in [0.25, 0.3) is 5.56 Å². The minimum absolute atomic E-state index is 0.171. The Morgan fingerprint density at radius 1 is 0.897 bits per heavy atom. The molecule has 1 N–H and O–H groups in total. The maximum atomic E-state index is 13.5. The summed E-state index contributed by atoms with van der Waals surface area (Å²) >= 11 is 12.4. The molecule has 10 heteroatoms. The third-order valence-corrected chi connectivity index (χ3v) is 7.94. The van der Waals surface area contributed by atoms with Crippen LogP contribution in [0, 0.1) is 22.6 Å². The van der Waals surface area contributed by atoms with E-state index in [1.165, 1.54) is 16.0 Å². The van der Waals surface area contributed by atoms with Crippen molar-refractivity contribution >= 4 is 52.3 Å². The maximum absolute atomic E-state index is 13.5. The Kier molecular flexibility index (Phi) is 6.51. The Morgan fingerprint density at radius 2 is 1.56 bits per heavy atom. The molecule has 39 heavy (non-hydrogen) atoms. The number of thiazole rings is 1. The standard InChI is InChI=1S/C29H22N6OS3/c1-18-8-12-20(13-9-18)24-21(17-33(32-24)22-6-4-3-5-7-22)16-30-35-27(36)25-26(31-28(35)37)34(29(38)39-25)23-14-10-19(2)11-15-23/h3-17H,1-2H3,(H,31,37)/b30-16+. The van der Waals surface area contributed by atoms with E-state index >= 15 is 0 Å². The normalized spacial score (nSPS) is 11.5. The quantitative estimate of drug-likeness (QED) is 0.180. The van der Waals surface area contributed by atoms with E-state index in [1.54, 1.807) is 10.9 Å². The van der Waals surface area contributed by atoms with E-state index in [0.717, 1.165) is 39.3 Å². The molecule has 6 aromatic rings. The van der Waals surface area contributed by atoms with Gasteiger partial charge in [-0.25, -0.2) is 4.68 Å². The molecule has 0 atom stereocenters. The van der Waals surface area contributed by atoms with E-state index < -0.39 is 0 Å². The van der Waals surface area contributed by atoms with Gasteiger partial charge in [-0.3, -0.25) is 9.36 Å². The Labute approximate surface area is 238 Å². The maximum Gasteiger partial charge on any atom is 0.294 e. The molecular formula is C29H22N6OS3. The van der Waals surface area contributed by atoms with Gasteiger partial charge in [0.1, 0.15) is 16.0 Å². The van der Waals surface area contributed by atoms with Crippen molar-refractivity contribution in [2.45, 2.75) is 13.8 Å². The molecule has 0 aliphatic rings. The predicted octanol–water partition coefficient (Wildman–Crippen LogP) is 6.99. The number of nitrogens with zero attached hydrogens (tertiary/aromatic N) is 5. The number of benzene rings is 3. The third-order valence-electron chi connectivity index (χ3n) is 6.31. The van der Waals surface area contributed by atoms with Gasteiger partial charge in [0.2, 0.25) is 4.77 Å². The molecule has 0 saturated carbocycles. The van der Waals surface area contributed by atoms with Crippen LogP contribution in [0.2, 0.25) is 0 Å². The molecule has 0 aliphatic carbocycles. The van der Waals surface area contributed by atoms with Crippen LogP contribution in [0.15, 0.2) is 95.0 Å². The second kappa shape index (κ2) is 10.1. The molecule has 0 bridgehead atoms. The second-order valence-electron chi connectivity index (χ2n) is 9.09. The first-order valence-corrected chi connectivity index (χ1v) is 13.8. The van der Waals surface area contributed by atoms with Crippen LogP contribution in [0.3, 0.4) is 0 Å². The van der Waals surface area contributed by atoms with Crippen molar-refractivity contribution in [2.24, 2.45) is 5.10 Å². The highest BCUT2D eigenvalue weighted by Gasteiger charge is 2.15. The Bertz CT molecular complexity index is 2030. The Morgan fingerprint density at radius 3 is 2.26 bits per heavy atom. The number of aromatic amines is 1. The van der Waals surface area contributed by atoms with E-state index in [9.17, 15) is 4.79 Å². The van der Waals surface area contributed by atoms with E-state index in [2.05, 4.69) is 10.1 Å². The fourth-order valence-electron chi connectivity index (χ4n) is 4.26. The highest BCUT2D eigenvalue weighted by molar-refractivity contribution is 7.73. The average molecular weight is 567 g/mol. The first-order chi connectivity index (χ1) is 18.9. The SMILES string of the molecule is Cc1ccc(-c2nn(-c3ccccc3)cc2/C=N/n2c(=S)[nH]c3c(sc(=S)n3-c3ccc(C)cc3)c2=O)cc1. The van der Waals surface area contributed by atoms with Crippen molar-refractivity contribution in [3.05, 3.63) is 121 Å². The summed E-state index contributed by atoms with van der Waals surface area (Å²) in [5.41, 5.74) is 6.72. The number of para-hydroxylation sites is 1. The molecular weight excluding hydrogens is 545 g/mol. The summed E-state index contributed by atoms with van der Waals surface area (Å²) in [6, 6.07) is 25.9. The third kappa shape index (κ3) is 4.74. The molecule has 0 amide bonds. The lowest BCUT2D eigenvalue weighted by molar-refractivity contribution is 0.797. The lowest BCUT2D eigenvalue weighted by Gasteiger charge is -2.06. The summed E-state index contributed by atoms with van der Waals surface area (Å²) in [7, 11) is 0. The number of fused-ring (bicyclic) bond motifs is 1. The van der Waals surface area contributed by atoms with Crippen molar-refractivity contribution in [3.63, 3.8) is 0 Å². The van der Waals surface area contributed by atoms with E-state index in [4.69, 9.17) is 29.5 Å². The Hall–Kier alpha value is -4.25. The number of H-pyrrole nitrogens is 1. The van der Waals surface area contributed by atoms with Crippen molar-refractivity contribution in [3.8, 4) is 22.6 Å². The zero-order valence-corrected chi connectivity index (χ0v) is 23.5. The minimum Gasteiger partial charge on any atom is -0.315 e. The molecule has 3 aromatic carbocycles. The number of aryl methyl sites for hydroxylation is 2. The summed E-state index contributed by atoms with van der Waals surface area (Å²) in [6.45, 7) is 4.06. The molecule has 0 aliphatic heterocycles. The molecule has 7 nitrogen and oxygen atoms in total. The van der Waals surface area contributed by atoms with E-state index in [-0.39, 0.29) is 10.3 Å².